The number of nitrogens with zero attached hydrogens (tertiary/aromatic N) is 1. The minimum atomic E-state index is 0.487. The van der Waals surface area contributed by atoms with E-state index < -0.39 is 0 Å². The third-order valence-electron chi connectivity index (χ3n) is 5.16. The molecular formula is C19H39NS. The Morgan fingerprint density at radius 2 is 1.24 bits per heavy atom. The molecule has 1 rings (SSSR count). The van der Waals surface area contributed by atoms with Gasteiger partial charge in [0.2, 0.25) is 0 Å². The molecule has 0 aliphatic carbocycles. The number of unbranched alkanes of at least 4 members (excludes halogenated alkanes) is 7. The Morgan fingerprint density at radius 3 is 1.76 bits per heavy atom. The molecule has 1 fully saturated rings. The summed E-state index contributed by atoms with van der Waals surface area (Å²) in [6, 6.07) is 0. The first-order valence-electron chi connectivity index (χ1n) is 9.55. The molecule has 2 heteroatoms. The molecule has 1 aliphatic rings. The molecule has 0 amide bonds. The van der Waals surface area contributed by atoms with E-state index in [1.807, 2.05) is 0 Å². The van der Waals surface area contributed by atoms with Gasteiger partial charge in [0.05, 0.1) is 0 Å². The SMILES string of the molecule is CCCCCCCC(C)(CCCCCC)N1CCSCC1. The van der Waals surface area contributed by atoms with Gasteiger partial charge in [-0.05, 0) is 19.8 Å². The van der Waals surface area contributed by atoms with Gasteiger partial charge in [-0.3, -0.25) is 4.90 Å². The third kappa shape index (κ3) is 7.93. The second kappa shape index (κ2) is 11.8. The molecule has 1 saturated heterocycles. The predicted molar refractivity (Wildman–Crippen MR) is 99.4 cm³/mol. The fraction of sp³-hybridized carbons (Fsp3) is 1.00. The molecule has 1 atom stereocenters. The Morgan fingerprint density at radius 1 is 0.762 bits per heavy atom. The first-order valence-corrected chi connectivity index (χ1v) is 10.7. The highest BCUT2D eigenvalue weighted by Crippen LogP contribution is 2.31. The summed E-state index contributed by atoms with van der Waals surface area (Å²) in [7, 11) is 0. The molecule has 0 radical (unpaired) electrons. The normalized spacial score (nSPS) is 19.6. The van der Waals surface area contributed by atoms with Crippen LogP contribution in [0.15, 0.2) is 0 Å². The van der Waals surface area contributed by atoms with Crippen LogP contribution >= 0.6 is 11.8 Å². The molecule has 0 aromatic heterocycles. The van der Waals surface area contributed by atoms with E-state index >= 15 is 0 Å². The van der Waals surface area contributed by atoms with Crippen LogP contribution in [0.1, 0.15) is 91.4 Å². The minimum Gasteiger partial charge on any atom is -0.296 e. The van der Waals surface area contributed by atoms with Crippen LogP contribution in [0.2, 0.25) is 0 Å². The molecule has 0 saturated carbocycles. The van der Waals surface area contributed by atoms with E-state index in [0.717, 1.165) is 0 Å². The summed E-state index contributed by atoms with van der Waals surface area (Å²) in [5, 5.41) is 0. The Hall–Kier alpha value is 0.310. The molecular weight excluding hydrogens is 274 g/mol. The van der Waals surface area contributed by atoms with E-state index in [1.54, 1.807) is 0 Å². The molecule has 21 heavy (non-hydrogen) atoms. The zero-order valence-electron chi connectivity index (χ0n) is 15.0. The number of rotatable bonds is 12. The molecule has 1 nitrogen and oxygen atoms in total. The lowest BCUT2D eigenvalue weighted by Gasteiger charge is -2.44. The Labute approximate surface area is 138 Å². The van der Waals surface area contributed by atoms with Crippen molar-refractivity contribution in [2.75, 3.05) is 24.6 Å². The van der Waals surface area contributed by atoms with E-state index in [9.17, 15) is 0 Å². The minimum absolute atomic E-state index is 0.487. The largest absolute Gasteiger partial charge is 0.296 e. The average molecular weight is 314 g/mol. The van der Waals surface area contributed by atoms with E-state index in [2.05, 4.69) is 37.4 Å². The average Bonchev–Trinajstić information content (AvgIpc) is 2.52. The van der Waals surface area contributed by atoms with E-state index in [0.29, 0.717) is 5.54 Å². The fourth-order valence-corrected chi connectivity index (χ4v) is 4.49. The van der Waals surface area contributed by atoms with Crippen molar-refractivity contribution >= 4 is 11.8 Å². The maximum atomic E-state index is 2.83. The molecule has 0 aromatic carbocycles. The summed E-state index contributed by atoms with van der Waals surface area (Å²) < 4.78 is 0. The zero-order valence-corrected chi connectivity index (χ0v) is 15.8. The Bertz CT molecular complexity index is 238. The van der Waals surface area contributed by atoms with Gasteiger partial charge in [-0.15, -0.1) is 0 Å². The first-order chi connectivity index (χ1) is 10.2. The van der Waals surface area contributed by atoms with Crippen LogP contribution in [-0.4, -0.2) is 35.0 Å². The number of hydrogen-bond donors (Lipinski definition) is 0. The van der Waals surface area contributed by atoms with Gasteiger partial charge in [0.25, 0.3) is 0 Å². The number of hydrogen-bond acceptors (Lipinski definition) is 2. The van der Waals surface area contributed by atoms with E-state index in [-0.39, 0.29) is 0 Å². The molecule has 0 N–H and O–H groups in total. The maximum absolute atomic E-state index is 2.83. The van der Waals surface area contributed by atoms with Crippen LogP contribution in [0, 0.1) is 0 Å². The van der Waals surface area contributed by atoms with Gasteiger partial charge in [0, 0.05) is 30.1 Å². The first kappa shape index (κ1) is 19.4. The van der Waals surface area contributed by atoms with E-state index in [1.165, 1.54) is 95.2 Å². The molecule has 0 spiro atoms. The Balaban J connectivity index is 2.39. The lowest BCUT2D eigenvalue weighted by molar-refractivity contribution is 0.0911. The molecule has 126 valence electrons. The summed E-state index contributed by atoms with van der Waals surface area (Å²) in [6.45, 7) is 9.83. The van der Waals surface area contributed by atoms with Gasteiger partial charge in [-0.1, -0.05) is 71.6 Å². The highest BCUT2D eigenvalue weighted by Gasteiger charge is 2.31. The van der Waals surface area contributed by atoms with Gasteiger partial charge in [-0.2, -0.15) is 11.8 Å². The lowest BCUT2D eigenvalue weighted by Crippen LogP contribution is -2.50. The van der Waals surface area contributed by atoms with Crippen LogP contribution in [0.4, 0.5) is 0 Å². The second-order valence-corrected chi connectivity index (χ2v) is 8.30. The van der Waals surface area contributed by atoms with Crippen molar-refractivity contribution in [2.24, 2.45) is 0 Å². The van der Waals surface area contributed by atoms with E-state index in [4.69, 9.17) is 0 Å². The standard InChI is InChI=1S/C19H39NS/c1-4-6-8-10-12-14-19(3,13-11-9-7-5-2)20-15-17-21-18-16-20/h4-18H2,1-3H3. The highest BCUT2D eigenvalue weighted by molar-refractivity contribution is 7.99. The summed E-state index contributed by atoms with van der Waals surface area (Å²) >= 11 is 2.14. The van der Waals surface area contributed by atoms with Gasteiger partial charge >= 0.3 is 0 Å². The van der Waals surface area contributed by atoms with Crippen molar-refractivity contribution in [1.29, 1.82) is 0 Å². The number of thioether (sulfide) groups is 1. The highest BCUT2D eigenvalue weighted by atomic mass is 32.2. The van der Waals surface area contributed by atoms with Crippen molar-refractivity contribution < 1.29 is 0 Å². The summed E-state index contributed by atoms with van der Waals surface area (Å²) in [6.07, 6.45) is 15.6. The Kier molecular flexibility index (Phi) is 10.9. The third-order valence-corrected chi connectivity index (χ3v) is 6.10. The fourth-order valence-electron chi connectivity index (χ4n) is 3.59. The van der Waals surface area contributed by atoms with Crippen molar-refractivity contribution in [3.05, 3.63) is 0 Å². The summed E-state index contributed by atoms with van der Waals surface area (Å²) in [5.74, 6) is 2.70. The van der Waals surface area contributed by atoms with Crippen molar-refractivity contribution in [2.45, 2.75) is 96.9 Å². The molecule has 0 aromatic rings. The van der Waals surface area contributed by atoms with Crippen LogP contribution in [0.25, 0.3) is 0 Å². The molecule has 0 bridgehead atoms. The zero-order chi connectivity index (χ0) is 15.4. The molecule has 1 unspecified atom stereocenters. The maximum Gasteiger partial charge on any atom is 0.0182 e. The topological polar surface area (TPSA) is 3.24 Å². The predicted octanol–water partition coefficient (Wildman–Crippen LogP) is 6.12. The van der Waals surface area contributed by atoms with Crippen molar-refractivity contribution in [3.8, 4) is 0 Å². The van der Waals surface area contributed by atoms with Gasteiger partial charge in [0.1, 0.15) is 0 Å². The van der Waals surface area contributed by atoms with Gasteiger partial charge in [-0.25, -0.2) is 0 Å². The summed E-state index contributed by atoms with van der Waals surface area (Å²) in [4.78, 5) is 2.83. The van der Waals surface area contributed by atoms with Crippen LogP contribution in [0.5, 0.6) is 0 Å². The van der Waals surface area contributed by atoms with Gasteiger partial charge < -0.3 is 0 Å². The van der Waals surface area contributed by atoms with Crippen molar-refractivity contribution in [3.63, 3.8) is 0 Å². The molecule has 1 aliphatic heterocycles. The lowest BCUT2D eigenvalue weighted by atomic mass is 9.86. The van der Waals surface area contributed by atoms with Crippen LogP contribution < -0.4 is 0 Å². The monoisotopic (exact) mass is 313 g/mol. The quantitative estimate of drug-likeness (QED) is 0.399. The molecule has 1 heterocycles. The van der Waals surface area contributed by atoms with Crippen molar-refractivity contribution in [1.82, 2.24) is 4.90 Å². The van der Waals surface area contributed by atoms with Crippen LogP contribution in [-0.2, 0) is 0 Å². The smallest absolute Gasteiger partial charge is 0.0182 e. The van der Waals surface area contributed by atoms with Crippen LogP contribution in [0.3, 0.4) is 0 Å². The second-order valence-electron chi connectivity index (χ2n) is 7.07. The summed E-state index contributed by atoms with van der Waals surface area (Å²) in [5.41, 5.74) is 0.487. The van der Waals surface area contributed by atoms with Gasteiger partial charge in [0.15, 0.2) is 0 Å².